The first-order chi connectivity index (χ1) is 10.1. The van der Waals surface area contributed by atoms with Crippen LogP contribution in [0.4, 0.5) is 11.4 Å². The number of nitrogens with one attached hydrogen (secondary N) is 1. The molecule has 0 radical (unpaired) electrons. The fraction of sp³-hybridized carbons (Fsp3) is 0.667. The minimum absolute atomic E-state index is 0.394. The molecule has 0 saturated carbocycles. The Hall–Kier alpha value is -0.830. The molecule has 1 aromatic rings. The van der Waals surface area contributed by atoms with Crippen LogP contribution in [-0.2, 0) is 0 Å². The highest BCUT2D eigenvalue weighted by Gasteiger charge is 2.32. The van der Waals surface area contributed by atoms with Gasteiger partial charge in [-0.05, 0) is 61.1 Å². The number of hydrogen-bond donors (Lipinski definition) is 1. The Kier molecular flexibility index (Phi) is 4.39. The number of rotatable bonds is 3. The molecule has 2 heterocycles. The summed E-state index contributed by atoms with van der Waals surface area (Å²) in [5.74, 6) is 2.53. The van der Waals surface area contributed by atoms with Gasteiger partial charge in [0.05, 0.1) is 0 Å². The second kappa shape index (κ2) is 6.12. The summed E-state index contributed by atoms with van der Waals surface area (Å²) in [6.45, 7) is 9.48. The van der Waals surface area contributed by atoms with Crippen molar-refractivity contribution in [2.75, 3.05) is 34.8 Å². The summed E-state index contributed by atoms with van der Waals surface area (Å²) < 4.78 is 0. The van der Waals surface area contributed by atoms with Gasteiger partial charge < -0.3 is 10.2 Å². The molecule has 2 fully saturated rings. The van der Waals surface area contributed by atoms with Crippen LogP contribution in [0.15, 0.2) is 18.2 Å². The standard InChI is InChI=1S/C18H28N2S/c1-14-12-15(20-9-4-5-10-20)6-7-16(14)19-17-13-21-11-8-18(17,2)3/h6-7,12,17,19H,4-5,8-11,13H2,1-3H3. The van der Waals surface area contributed by atoms with Gasteiger partial charge in [-0.25, -0.2) is 0 Å². The van der Waals surface area contributed by atoms with Crippen molar-refractivity contribution in [2.24, 2.45) is 5.41 Å². The smallest absolute Gasteiger partial charge is 0.0403 e. The van der Waals surface area contributed by atoms with E-state index in [1.165, 1.54) is 60.8 Å². The monoisotopic (exact) mass is 304 g/mol. The molecule has 2 aliphatic heterocycles. The highest BCUT2D eigenvalue weighted by Crippen LogP contribution is 2.37. The molecule has 0 amide bonds. The molecule has 0 bridgehead atoms. The molecule has 1 N–H and O–H groups in total. The first-order valence-electron chi connectivity index (χ1n) is 8.26. The van der Waals surface area contributed by atoms with Crippen LogP contribution in [0.2, 0.25) is 0 Å². The van der Waals surface area contributed by atoms with Crippen LogP contribution in [0.25, 0.3) is 0 Å². The van der Waals surface area contributed by atoms with E-state index in [1.807, 2.05) is 0 Å². The van der Waals surface area contributed by atoms with Crippen molar-refractivity contribution in [1.82, 2.24) is 0 Å². The fourth-order valence-electron chi connectivity index (χ4n) is 3.34. The number of aryl methyl sites for hydroxylation is 1. The van der Waals surface area contributed by atoms with Crippen molar-refractivity contribution in [2.45, 2.75) is 46.1 Å². The van der Waals surface area contributed by atoms with Crippen LogP contribution in [0.1, 0.15) is 38.7 Å². The predicted molar refractivity (Wildman–Crippen MR) is 95.8 cm³/mol. The molecule has 116 valence electrons. The lowest BCUT2D eigenvalue weighted by Gasteiger charge is -2.39. The van der Waals surface area contributed by atoms with Crippen molar-refractivity contribution >= 4 is 23.1 Å². The minimum Gasteiger partial charge on any atom is -0.381 e. The van der Waals surface area contributed by atoms with Gasteiger partial charge in [0.1, 0.15) is 0 Å². The van der Waals surface area contributed by atoms with E-state index in [0.29, 0.717) is 11.5 Å². The third-order valence-corrected chi connectivity index (χ3v) is 6.19. The van der Waals surface area contributed by atoms with E-state index < -0.39 is 0 Å². The molecule has 1 aromatic carbocycles. The van der Waals surface area contributed by atoms with Gasteiger partial charge in [-0.1, -0.05) is 13.8 Å². The molecule has 2 aliphatic rings. The molecule has 2 nitrogen and oxygen atoms in total. The number of anilines is 2. The zero-order chi connectivity index (χ0) is 14.9. The highest BCUT2D eigenvalue weighted by molar-refractivity contribution is 7.99. The Bertz CT molecular complexity index is 492. The number of nitrogens with zero attached hydrogens (tertiary/aromatic N) is 1. The third kappa shape index (κ3) is 3.33. The summed E-state index contributed by atoms with van der Waals surface area (Å²) >= 11 is 2.08. The van der Waals surface area contributed by atoms with Gasteiger partial charge in [-0.15, -0.1) is 0 Å². The molecular weight excluding hydrogens is 276 g/mol. The van der Waals surface area contributed by atoms with Gasteiger partial charge in [-0.3, -0.25) is 0 Å². The lowest BCUT2D eigenvalue weighted by Crippen LogP contribution is -2.41. The van der Waals surface area contributed by atoms with E-state index in [4.69, 9.17) is 0 Å². The number of hydrogen-bond acceptors (Lipinski definition) is 3. The van der Waals surface area contributed by atoms with E-state index >= 15 is 0 Å². The zero-order valence-corrected chi connectivity index (χ0v) is 14.4. The van der Waals surface area contributed by atoms with Gasteiger partial charge in [-0.2, -0.15) is 11.8 Å². The van der Waals surface area contributed by atoms with Crippen molar-refractivity contribution in [1.29, 1.82) is 0 Å². The predicted octanol–water partition coefficient (Wildman–Crippen LogP) is 4.54. The normalized spacial score (nSPS) is 25.1. The molecule has 21 heavy (non-hydrogen) atoms. The zero-order valence-electron chi connectivity index (χ0n) is 13.6. The molecule has 0 aromatic heterocycles. The first kappa shape index (κ1) is 15.1. The average molecular weight is 305 g/mol. The van der Waals surface area contributed by atoms with E-state index in [0.717, 1.165) is 0 Å². The molecule has 0 spiro atoms. The van der Waals surface area contributed by atoms with Crippen molar-refractivity contribution < 1.29 is 0 Å². The van der Waals surface area contributed by atoms with Crippen molar-refractivity contribution in [3.63, 3.8) is 0 Å². The Morgan fingerprint density at radius 1 is 1.24 bits per heavy atom. The van der Waals surface area contributed by atoms with Crippen molar-refractivity contribution in [3.8, 4) is 0 Å². The van der Waals surface area contributed by atoms with Gasteiger partial charge in [0.25, 0.3) is 0 Å². The van der Waals surface area contributed by atoms with Gasteiger partial charge >= 0.3 is 0 Å². The molecule has 0 aliphatic carbocycles. The average Bonchev–Trinajstić information content (AvgIpc) is 2.97. The summed E-state index contributed by atoms with van der Waals surface area (Å²) in [5, 5.41) is 3.82. The molecular formula is C18H28N2S. The SMILES string of the molecule is Cc1cc(N2CCCC2)ccc1NC1CSCCC1(C)C. The largest absolute Gasteiger partial charge is 0.381 e. The first-order valence-corrected chi connectivity index (χ1v) is 9.42. The minimum atomic E-state index is 0.394. The molecule has 3 heteroatoms. The Morgan fingerprint density at radius 2 is 2.00 bits per heavy atom. The lowest BCUT2D eigenvalue weighted by atomic mass is 9.82. The summed E-state index contributed by atoms with van der Waals surface area (Å²) in [7, 11) is 0. The van der Waals surface area contributed by atoms with Crippen molar-refractivity contribution in [3.05, 3.63) is 23.8 Å². The second-order valence-electron chi connectivity index (χ2n) is 7.20. The maximum absolute atomic E-state index is 3.82. The molecule has 3 rings (SSSR count). The van der Waals surface area contributed by atoms with Gasteiger partial charge in [0.15, 0.2) is 0 Å². The van der Waals surface area contributed by atoms with Gasteiger partial charge in [0, 0.05) is 36.3 Å². The topological polar surface area (TPSA) is 15.3 Å². The molecule has 2 saturated heterocycles. The molecule has 1 unspecified atom stereocenters. The van der Waals surface area contributed by atoms with E-state index in [-0.39, 0.29) is 0 Å². The van der Waals surface area contributed by atoms with Crippen LogP contribution >= 0.6 is 11.8 Å². The van der Waals surface area contributed by atoms with Crippen LogP contribution in [0.3, 0.4) is 0 Å². The number of benzene rings is 1. The highest BCUT2D eigenvalue weighted by atomic mass is 32.2. The maximum atomic E-state index is 3.82. The number of thioether (sulfide) groups is 1. The van der Waals surface area contributed by atoms with Crippen LogP contribution in [-0.4, -0.2) is 30.6 Å². The third-order valence-electron chi connectivity index (χ3n) is 5.13. The lowest BCUT2D eigenvalue weighted by molar-refractivity contribution is 0.305. The Morgan fingerprint density at radius 3 is 2.67 bits per heavy atom. The summed E-state index contributed by atoms with van der Waals surface area (Å²) in [6, 6.07) is 7.52. The summed E-state index contributed by atoms with van der Waals surface area (Å²) in [5.41, 5.74) is 4.49. The van der Waals surface area contributed by atoms with Crippen LogP contribution < -0.4 is 10.2 Å². The second-order valence-corrected chi connectivity index (χ2v) is 8.35. The van der Waals surface area contributed by atoms with Crippen LogP contribution in [0.5, 0.6) is 0 Å². The summed E-state index contributed by atoms with van der Waals surface area (Å²) in [6.07, 6.45) is 3.99. The van der Waals surface area contributed by atoms with Gasteiger partial charge in [0.2, 0.25) is 0 Å². The fourth-order valence-corrected chi connectivity index (χ4v) is 4.95. The Balaban J connectivity index is 1.73. The van der Waals surface area contributed by atoms with Crippen LogP contribution in [0, 0.1) is 12.3 Å². The van der Waals surface area contributed by atoms with E-state index in [9.17, 15) is 0 Å². The molecule has 1 atom stereocenters. The maximum Gasteiger partial charge on any atom is 0.0403 e. The Labute approximate surface area is 133 Å². The summed E-state index contributed by atoms with van der Waals surface area (Å²) in [4.78, 5) is 2.51. The van der Waals surface area contributed by atoms with E-state index in [1.54, 1.807) is 0 Å². The van der Waals surface area contributed by atoms with E-state index in [2.05, 4.69) is 60.9 Å². The quantitative estimate of drug-likeness (QED) is 0.882.